The van der Waals surface area contributed by atoms with E-state index in [9.17, 15) is 4.79 Å². The Balaban J connectivity index is 1.71. The zero-order chi connectivity index (χ0) is 16.2. The normalized spacial score (nSPS) is 14.7. The zero-order valence-electron chi connectivity index (χ0n) is 13.1. The van der Waals surface area contributed by atoms with Crippen molar-refractivity contribution in [3.05, 3.63) is 52.8 Å². The second kappa shape index (κ2) is 7.01. The third-order valence-electron chi connectivity index (χ3n) is 4.15. The molecule has 0 atom stereocenters. The number of pyridine rings is 1. The van der Waals surface area contributed by atoms with Crippen LogP contribution < -0.4 is 10.6 Å². The van der Waals surface area contributed by atoms with Crippen molar-refractivity contribution < 1.29 is 4.79 Å². The Kier molecular flexibility index (Phi) is 4.82. The molecule has 1 fully saturated rings. The fourth-order valence-corrected chi connectivity index (χ4v) is 2.99. The van der Waals surface area contributed by atoms with Crippen molar-refractivity contribution in [2.24, 2.45) is 0 Å². The molecular formula is C18H20ClN3O. The van der Waals surface area contributed by atoms with Gasteiger partial charge in [0.25, 0.3) is 5.91 Å². The molecule has 1 amide bonds. The van der Waals surface area contributed by atoms with E-state index >= 15 is 0 Å². The maximum Gasteiger partial charge on any atom is 0.253 e. The van der Waals surface area contributed by atoms with E-state index < -0.39 is 0 Å². The molecule has 0 bridgehead atoms. The van der Waals surface area contributed by atoms with Crippen LogP contribution >= 0.6 is 11.6 Å². The summed E-state index contributed by atoms with van der Waals surface area (Å²) in [6, 6.07) is 7.88. The van der Waals surface area contributed by atoms with Gasteiger partial charge in [0.1, 0.15) is 0 Å². The molecule has 1 saturated carbocycles. The maximum absolute atomic E-state index is 12.3. The van der Waals surface area contributed by atoms with Gasteiger partial charge >= 0.3 is 0 Å². The van der Waals surface area contributed by atoms with Gasteiger partial charge in [0, 0.05) is 22.9 Å². The molecule has 2 aromatic rings. The lowest BCUT2D eigenvalue weighted by Crippen LogP contribution is -2.32. The molecule has 0 saturated heterocycles. The molecule has 1 aliphatic carbocycles. The number of hydrogen-bond donors (Lipinski definition) is 2. The Bertz CT molecular complexity index is 711. The Hall–Kier alpha value is -2.07. The highest BCUT2D eigenvalue weighted by molar-refractivity contribution is 6.31. The first-order valence-corrected chi connectivity index (χ1v) is 8.29. The van der Waals surface area contributed by atoms with Crippen LogP contribution in [-0.2, 0) is 0 Å². The number of carbonyl (C=O) groups is 1. The first kappa shape index (κ1) is 15.8. The number of amides is 1. The molecule has 1 heterocycles. The van der Waals surface area contributed by atoms with E-state index in [-0.39, 0.29) is 5.91 Å². The van der Waals surface area contributed by atoms with Crippen molar-refractivity contribution in [1.82, 2.24) is 10.3 Å². The average Bonchev–Trinajstić information content (AvgIpc) is 3.04. The standard InChI is InChI=1S/C18H20ClN3O/c1-12-6-7-15(9-17(12)19)21-16-8-13(10-20-11-16)18(23)22-14-4-2-3-5-14/h6-11,14,21H,2-5H2,1H3,(H,22,23). The highest BCUT2D eigenvalue weighted by Crippen LogP contribution is 2.23. The first-order chi connectivity index (χ1) is 11.1. The predicted octanol–water partition coefficient (Wildman–Crippen LogP) is 4.46. The van der Waals surface area contributed by atoms with Crippen molar-refractivity contribution >= 4 is 28.9 Å². The third kappa shape index (κ3) is 4.02. The highest BCUT2D eigenvalue weighted by Gasteiger charge is 2.18. The Morgan fingerprint density at radius 1 is 1.17 bits per heavy atom. The summed E-state index contributed by atoms with van der Waals surface area (Å²) < 4.78 is 0. The van der Waals surface area contributed by atoms with E-state index in [1.807, 2.05) is 31.2 Å². The van der Waals surface area contributed by atoms with Gasteiger partial charge in [0.2, 0.25) is 0 Å². The number of aromatic nitrogens is 1. The summed E-state index contributed by atoms with van der Waals surface area (Å²) in [6.45, 7) is 1.96. The number of aryl methyl sites for hydroxylation is 1. The minimum absolute atomic E-state index is 0.0602. The zero-order valence-corrected chi connectivity index (χ0v) is 13.9. The second-order valence-electron chi connectivity index (χ2n) is 6.01. The van der Waals surface area contributed by atoms with Crippen LogP contribution in [0, 0.1) is 6.92 Å². The van der Waals surface area contributed by atoms with Crippen molar-refractivity contribution in [1.29, 1.82) is 0 Å². The fourth-order valence-electron chi connectivity index (χ4n) is 2.81. The summed E-state index contributed by atoms with van der Waals surface area (Å²) in [5.74, 6) is -0.0602. The Morgan fingerprint density at radius 3 is 2.70 bits per heavy atom. The van der Waals surface area contributed by atoms with E-state index in [1.54, 1.807) is 12.4 Å². The van der Waals surface area contributed by atoms with Crippen LogP contribution in [0.25, 0.3) is 0 Å². The number of nitrogens with one attached hydrogen (secondary N) is 2. The molecule has 120 valence electrons. The van der Waals surface area contributed by atoms with Gasteiger partial charge in [-0.2, -0.15) is 0 Å². The van der Waals surface area contributed by atoms with Crippen LogP contribution in [0.1, 0.15) is 41.6 Å². The number of anilines is 2. The summed E-state index contributed by atoms with van der Waals surface area (Å²) in [4.78, 5) is 16.5. The predicted molar refractivity (Wildman–Crippen MR) is 93.4 cm³/mol. The van der Waals surface area contributed by atoms with Gasteiger partial charge in [0.15, 0.2) is 0 Å². The lowest BCUT2D eigenvalue weighted by Gasteiger charge is -2.13. The van der Waals surface area contributed by atoms with Crippen LogP contribution in [0.4, 0.5) is 11.4 Å². The van der Waals surface area contributed by atoms with Gasteiger partial charge in [0.05, 0.1) is 17.4 Å². The van der Waals surface area contributed by atoms with E-state index in [2.05, 4.69) is 15.6 Å². The van der Waals surface area contributed by atoms with E-state index in [0.717, 1.165) is 29.8 Å². The second-order valence-corrected chi connectivity index (χ2v) is 6.41. The molecule has 1 aliphatic rings. The monoisotopic (exact) mass is 329 g/mol. The van der Waals surface area contributed by atoms with Crippen LogP contribution in [0.2, 0.25) is 5.02 Å². The summed E-state index contributed by atoms with van der Waals surface area (Å²) in [7, 11) is 0. The lowest BCUT2D eigenvalue weighted by molar-refractivity contribution is 0.0937. The summed E-state index contributed by atoms with van der Waals surface area (Å²) in [5, 5.41) is 7.02. The lowest BCUT2D eigenvalue weighted by atomic mass is 10.2. The molecule has 23 heavy (non-hydrogen) atoms. The minimum Gasteiger partial charge on any atom is -0.354 e. The SMILES string of the molecule is Cc1ccc(Nc2cncc(C(=O)NC3CCCC3)c2)cc1Cl. The van der Waals surface area contributed by atoms with Crippen molar-refractivity contribution in [2.75, 3.05) is 5.32 Å². The maximum atomic E-state index is 12.3. The van der Waals surface area contributed by atoms with Crippen LogP contribution in [0.5, 0.6) is 0 Å². The van der Waals surface area contributed by atoms with Crippen LogP contribution in [-0.4, -0.2) is 16.9 Å². The molecule has 2 N–H and O–H groups in total. The Labute approximate surface area is 141 Å². The molecule has 5 heteroatoms. The Morgan fingerprint density at radius 2 is 1.96 bits per heavy atom. The number of halogens is 1. The highest BCUT2D eigenvalue weighted by atomic mass is 35.5. The molecule has 4 nitrogen and oxygen atoms in total. The van der Waals surface area contributed by atoms with Crippen molar-refractivity contribution in [3.63, 3.8) is 0 Å². The van der Waals surface area contributed by atoms with Crippen LogP contribution in [0.15, 0.2) is 36.7 Å². The van der Waals surface area contributed by atoms with Crippen molar-refractivity contribution in [2.45, 2.75) is 38.6 Å². The number of rotatable bonds is 4. The molecule has 0 unspecified atom stereocenters. The molecule has 1 aromatic carbocycles. The van der Waals surface area contributed by atoms with Gasteiger partial charge < -0.3 is 10.6 Å². The quantitative estimate of drug-likeness (QED) is 0.870. The number of nitrogens with zero attached hydrogens (tertiary/aromatic N) is 1. The minimum atomic E-state index is -0.0602. The largest absolute Gasteiger partial charge is 0.354 e. The smallest absolute Gasteiger partial charge is 0.253 e. The molecule has 0 aliphatic heterocycles. The number of benzene rings is 1. The molecule has 0 radical (unpaired) electrons. The van der Waals surface area contributed by atoms with E-state index in [1.165, 1.54) is 12.8 Å². The summed E-state index contributed by atoms with van der Waals surface area (Å²) in [5.41, 5.74) is 3.24. The topological polar surface area (TPSA) is 54.0 Å². The van der Waals surface area contributed by atoms with Gasteiger partial charge in [-0.1, -0.05) is 30.5 Å². The van der Waals surface area contributed by atoms with Gasteiger partial charge in [-0.25, -0.2) is 0 Å². The van der Waals surface area contributed by atoms with Gasteiger partial charge in [-0.3, -0.25) is 9.78 Å². The molecule has 3 rings (SSSR count). The average molecular weight is 330 g/mol. The van der Waals surface area contributed by atoms with Crippen LogP contribution in [0.3, 0.4) is 0 Å². The van der Waals surface area contributed by atoms with Gasteiger partial charge in [-0.05, 0) is 43.5 Å². The molecule has 1 aromatic heterocycles. The summed E-state index contributed by atoms with van der Waals surface area (Å²) in [6.07, 6.45) is 7.81. The fraction of sp³-hybridized carbons (Fsp3) is 0.333. The number of carbonyl (C=O) groups excluding carboxylic acids is 1. The third-order valence-corrected chi connectivity index (χ3v) is 4.56. The number of hydrogen-bond acceptors (Lipinski definition) is 3. The first-order valence-electron chi connectivity index (χ1n) is 7.91. The summed E-state index contributed by atoms with van der Waals surface area (Å²) >= 11 is 6.14. The molecule has 0 spiro atoms. The van der Waals surface area contributed by atoms with Crippen molar-refractivity contribution in [3.8, 4) is 0 Å². The molecular weight excluding hydrogens is 310 g/mol. The van der Waals surface area contributed by atoms with Gasteiger partial charge in [-0.15, -0.1) is 0 Å². The van der Waals surface area contributed by atoms with E-state index in [4.69, 9.17) is 11.6 Å². The van der Waals surface area contributed by atoms with E-state index in [0.29, 0.717) is 16.6 Å².